The van der Waals surface area contributed by atoms with Crippen molar-refractivity contribution >= 4 is 10.9 Å². The van der Waals surface area contributed by atoms with Crippen molar-refractivity contribution in [1.29, 1.82) is 0 Å². The number of rotatable bonds is 1. The first kappa shape index (κ1) is 8.91. The number of aromatic nitrogens is 3. The van der Waals surface area contributed by atoms with Crippen LogP contribution in [0.15, 0.2) is 42.7 Å². The molecule has 0 saturated carbocycles. The molecule has 2 heterocycles. The van der Waals surface area contributed by atoms with E-state index in [-0.39, 0.29) is 5.88 Å². The maximum absolute atomic E-state index is 9.33. The van der Waals surface area contributed by atoms with E-state index in [1.54, 1.807) is 24.5 Å². The normalized spacial score (nSPS) is 10.8. The molecule has 0 amide bonds. The van der Waals surface area contributed by atoms with E-state index in [4.69, 9.17) is 0 Å². The molecule has 0 unspecified atom stereocenters. The van der Waals surface area contributed by atoms with Crippen LogP contribution in [0.25, 0.3) is 22.3 Å². The number of hydrogen-bond acceptors (Lipinski definition) is 3. The summed E-state index contributed by atoms with van der Waals surface area (Å²) in [5.41, 5.74) is 1.80. The molecule has 0 atom stereocenters. The minimum Gasteiger partial charge on any atom is -0.495 e. The Balaban J connectivity index is 2.18. The zero-order valence-corrected chi connectivity index (χ0v) is 8.38. The third kappa shape index (κ3) is 1.40. The Morgan fingerprint density at radius 1 is 1.06 bits per heavy atom. The van der Waals surface area contributed by atoms with Crippen LogP contribution < -0.4 is 0 Å². The molecule has 2 N–H and O–H groups in total. The summed E-state index contributed by atoms with van der Waals surface area (Å²) in [6.07, 6.45) is 3.41. The van der Waals surface area contributed by atoms with E-state index in [1.807, 2.05) is 18.2 Å². The summed E-state index contributed by atoms with van der Waals surface area (Å²) in [5, 5.41) is 10.3. The molecule has 0 spiro atoms. The second kappa shape index (κ2) is 3.34. The summed E-state index contributed by atoms with van der Waals surface area (Å²) in [6, 6.07) is 9.25. The van der Waals surface area contributed by atoms with Crippen LogP contribution in [0.1, 0.15) is 0 Å². The van der Waals surface area contributed by atoms with Crippen molar-refractivity contribution < 1.29 is 5.11 Å². The van der Waals surface area contributed by atoms with Gasteiger partial charge < -0.3 is 10.1 Å². The first-order valence-electron chi connectivity index (χ1n) is 4.92. The van der Waals surface area contributed by atoms with Gasteiger partial charge in [0.1, 0.15) is 0 Å². The highest BCUT2D eigenvalue weighted by Crippen LogP contribution is 2.24. The lowest BCUT2D eigenvalue weighted by Crippen LogP contribution is -1.86. The van der Waals surface area contributed by atoms with Gasteiger partial charge in [-0.15, -0.1) is 0 Å². The van der Waals surface area contributed by atoms with Crippen molar-refractivity contribution in [3.8, 4) is 17.3 Å². The Kier molecular flexibility index (Phi) is 1.86. The molecule has 0 aliphatic rings. The molecule has 1 aromatic carbocycles. The summed E-state index contributed by atoms with van der Waals surface area (Å²) < 4.78 is 0. The Bertz CT molecular complexity index is 631. The van der Waals surface area contributed by atoms with Crippen LogP contribution in [-0.4, -0.2) is 20.1 Å². The molecule has 0 aliphatic carbocycles. The van der Waals surface area contributed by atoms with Gasteiger partial charge >= 0.3 is 0 Å². The third-order valence-corrected chi connectivity index (χ3v) is 2.43. The van der Waals surface area contributed by atoms with Crippen LogP contribution in [-0.2, 0) is 0 Å². The molecule has 0 radical (unpaired) electrons. The largest absolute Gasteiger partial charge is 0.495 e. The number of benzene rings is 1. The average Bonchev–Trinajstić information content (AvgIpc) is 2.69. The number of nitrogens with zero attached hydrogens (tertiary/aromatic N) is 2. The van der Waals surface area contributed by atoms with Crippen molar-refractivity contribution in [1.82, 2.24) is 15.0 Å². The van der Waals surface area contributed by atoms with Gasteiger partial charge in [-0.05, 0) is 12.1 Å². The van der Waals surface area contributed by atoms with Gasteiger partial charge in [0.05, 0.1) is 0 Å². The Hall–Kier alpha value is -2.36. The number of aromatic amines is 1. The molecule has 3 aromatic rings. The fourth-order valence-corrected chi connectivity index (χ4v) is 1.70. The lowest BCUT2D eigenvalue weighted by atomic mass is 10.1. The van der Waals surface area contributed by atoms with E-state index in [2.05, 4.69) is 15.0 Å². The fraction of sp³-hybridized carbons (Fsp3) is 0. The van der Waals surface area contributed by atoms with Gasteiger partial charge in [0, 0.05) is 34.9 Å². The Morgan fingerprint density at radius 3 is 2.69 bits per heavy atom. The van der Waals surface area contributed by atoms with Crippen molar-refractivity contribution in [2.24, 2.45) is 0 Å². The fourth-order valence-electron chi connectivity index (χ4n) is 1.70. The molecule has 78 valence electrons. The standard InChI is InChI=1S/C12H9N3O/c16-11-7-8-2-3-9(6-10(8)15-11)12-13-4-1-5-14-12/h1-7,15-16H. The summed E-state index contributed by atoms with van der Waals surface area (Å²) in [4.78, 5) is 11.2. The van der Waals surface area contributed by atoms with Crippen molar-refractivity contribution in [2.45, 2.75) is 0 Å². The van der Waals surface area contributed by atoms with E-state index in [0.717, 1.165) is 16.5 Å². The third-order valence-electron chi connectivity index (χ3n) is 2.43. The minimum absolute atomic E-state index is 0.168. The van der Waals surface area contributed by atoms with Crippen LogP contribution in [0.4, 0.5) is 0 Å². The smallest absolute Gasteiger partial charge is 0.189 e. The van der Waals surface area contributed by atoms with Gasteiger partial charge in [-0.25, -0.2) is 9.97 Å². The zero-order valence-electron chi connectivity index (χ0n) is 8.38. The minimum atomic E-state index is 0.168. The second-order valence-electron chi connectivity index (χ2n) is 3.53. The number of hydrogen-bond donors (Lipinski definition) is 2. The molecule has 3 rings (SSSR count). The van der Waals surface area contributed by atoms with E-state index in [9.17, 15) is 5.11 Å². The number of aromatic hydroxyl groups is 1. The van der Waals surface area contributed by atoms with Crippen LogP contribution in [0.3, 0.4) is 0 Å². The lowest BCUT2D eigenvalue weighted by molar-refractivity contribution is 0.458. The number of H-pyrrole nitrogens is 1. The lowest BCUT2D eigenvalue weighted by Gasteiger charge is -1.98. The Morgan fingerprint density at radius 2 is 1.88 bits per heavy atom. The van der Waals surface area contributed by atoms with Gasteiger partial charge in [-0.1, -0.05) is 12.1 Å². The van der Waals surface area contributed by atoms with Gasteiger partial charge in [-0.2, -0.15) is 0 Å². The molecule has 0 aliphatic heterocycles. The van der Waals surface area contributed by atoms with E-state index in [1.165, 1.54) is 0 Å². The van der Waals surface area contributed by atoms with Crippen molar-refractivity contribution in [2.75, 3.05) is 0 Å². The summed E-state index contributed by atoms with van der Waals surface area (Å²) in [5.74, 6) is 0.847. The van der Waals surface area contributed by atoms with E-state index in [0.29, 0.717) is 5.82 Å². The first-order valence-corrected chi connectivity index (χ1v) is 4.92. The molecular formula is C12H9N3O. The van der Waals surface area contributed by atoms with Gasteiger partial charge in [0.25, 0.3) is 0 Å². The quantitative estimate of drug-likeness (QED) is 0.649. The summed E-state index contributed by atoms with van der Waals surface area (Å²) in [6.45, 7) is 0. The topological polar surface area (TPSA) is 61.8 Å². The molecular weight excluding hydrogens is 202 g/mol. The second-order valence-corrected chi connectivity index (χ2v) is 3.53. The molecule has 4 heteroatoms. The van der Waals surface area contributed by atoms with Gasteiger partial charge in [-0.3, -0.25) is 0 Å². The maximum atomic E-state index is 9.33. The maximum Gasteiger partial charge on any atom is 0.189 e. The van der Waals surface area contributed by atoms with E-state index < -0.39 is 0 Å². The predicted molar refractivity (Wildman–Crippen MR) is 61.0 cm³/mol. The molecule has 0 fully saturated rings. The monoisotopic (exact) mass is 211 g/mol. The Labute approximate surface area is 91.6 Å². The van der Waals surface area contributed by atoms with Crippen LogP contribution in [0.5, 0.6) is 5.88 Å². The zero-order chi connectivity index (χ0) is 11.0. The molecule has 0 saturated heterocycles. The predicted octanol–water partition coefficient (Wildman–Crippen LogP) is 2.33. The molecule has 4 nitrogen and oxygen atoms in total. The average molecular weight is 211 g/mol. The highest BCUT2D eigenvalue weighted by molar-refractivity contribution is 5.85. The SMILES string of the molecule is Oc1cc2ccc(-c3ncccn3)cc2[nH]1. The molecule has 0 bridgehead atoms. The summed E-state index contributed by atoms with van der Waals surface area (Å²) >= 11 is 0. The molecule has 16 heavy (non-hydrogen) atoms. The summed E-state index contributed by atoms with van der Waals surface area (Å²) in [7, 11) is 0. The highest BCUT2D eigenvalue weighted by Gasteiger charge is 2.03. The first-order chi connectivity index (χ1) is 7.83. The van der Waals surface area contributed by atoms with Gasteiger partial charge in [0.2, 0.25) is 0 Å². The van der Waals surface area contributed by atoms with Crippen LogP contribution >= 0.6 is 0 Å². The number of fused-ring (bicyclic) bond motifs is 1. The van der Waals surface area contributed by atoms with Crippen LogP contribution in [0.2, 0.25) is 0 Å². The molecule has 2 aromatic heterocycles. The highest BCUT2D eigenvalue weighted by atomic mass is 16.3. The van der Waals surface area contributed by atoms with Gasteiger partial charge in [0.15, 0.2) is 11.7 Å². The van der Waals surface area contributed by atoms with Crippen molar-refractivity contribution in [3.05, 3.63) is 42.7 Å². The number of nitrogens with one attached hydrogen (secondary N) is 1. The van der Waals surface area contributed by atoms with E-state index >= 15 is 0 Å². The van der Waals surface area contributed by atoms with Crippen molar-refractivity contribution in [3.63, 3.8) is 0 Å². The van der Waals surface area contributed by atoms with Crippen LogP contribution in [0, 0.1) is 0 Å².